The first kappa shape index (κ1) is 43.0. The molecule has 1 unspecified atom stereocenters. The second-order valence-electron chi connectivity index (χ2n) is 16.3. The van der Waals surface area contributed by atoms with Crippen LogP contribution in [0.5, 0.6) is 11.5 Å². The quantitative estimate of drug-likeness (QED) is 0.0998. The number of carboxylic acids is 1. The number of aliphatic imine (C=N–C) groups is 1. The summed E-state index contributed by atoms with van der Waals surface area (Å²) in [5.74, 6) is -0.531. The molecule has 13 nitrogen and oxygen atoms in total. The number of ether oxygens (including phenoxy) is 3. The van der Waals surface area contributed by atoms with Crippen molar-refractivity contribution in [1.82, 2.24) is 24.7 Å². The molecule has 3 aliphatic rings. The molecule has 2 N–H and O–H groups in total. The van der Waals surface area contributed by atoms with Crippen LogP contribution in [0.4, 0.5) is 4.39 Å². The van der Waals surface area contributed by atoms with E-state index in [0.29, 0.717) is 64.4 Å². The third-order valence-corrected chi connectivity index (χ3v) is 12.5. The third-order valence-electron chi connectivity index (χ3n) is 11.4. The molecule has 60 heavy (non-hydrogen) atoms. The number of carbonyl (C=O) groups is 2. The van der Waals surface area contributed by atoms with Crippen molar-refractivity contribution in [3.8, 4) is 22.8 Å². The molecule has 4 aromatic rings. The van der Waals surface area contributed by atoms with Gasteiger partial charge >= 0.3 is 11.9 Å². The van der Waals surface area contributed by atoms with Crippen molar-refractivity contribution >= 4 is 40.7 Å². The zero-order valence-corrected chi connectivity index (χ0v) is 36.0. The molecule has 7 rings (SSSR count). The van der Waals surface area contributed by atoms with Gasteiger partial charge in [-0.1, -0.05) is 38.4 Å². The smallest absolute Gasteiger partial charge is 0.341 e. The number of aromatic nitrogens is 2. The van der Waals surface area contributed by atoms with E-state index in [2.05, 4.69) is 40.9 Å². The van der Waals surface area contributed by atoms with Gasteiger partial charge in [0.1, 0.15) is 17.4 Å². The van der Waals surface area contributed by atoms with E-state index in [4.69, 9.17) is 30.8 Å². The summed E-state index contributed by atoms with van der Waals surface area (Å²) in [7, 11) is 2.92. The predicted octanol–water partition coefficient (Wildman–Crippen LogP) is 7.00. The molecule has 5 heterocycles. The maximum Gasteiger partial charge on any atom is 0.341 e. The van der Waals surface area contributed by atoms with Crippen LogP contribution in [0, 0.1) is 11.2 Å². The summed E-state index contributed by atoms with van der Waals surface area (Å²) in [6, 6.07) is 8.52. The Kier molecular flexibility index (Phi) is 13.1. The van der Waals surface area contributed by atoms with Gasteiger partial charge in [-0.2, -0.15) is 0 Å². The summed E-state index contributed by atoms with van der Waals surface area (Å²) in [5, 5.41) is 15.7. The Hall–Kier alpha value is -5.09. The summed E-state index contributed by atoms with van der Waals surface area (Å²) >= 11 is 7.94. The number of amidine groups is 1. The molecule has 16 heteroatoms. The molecular weight excluding hydrogens is 811 g/mol. The average molecular weight is 861 g/mol. The van der Waals surface area contributed by atoms with Crippen LogP contribution >= 0.6 is 22.9 Å². The number of unbranched alkanes of at least 4 members (excludes halogenated alkanes) is 2. The zero-order valence-electron chi connectivity index (χ0n) is 34.4. The van der Waals surface area contributed by atoms with Gasteiger partial charge in [-0.05, 0) is 67.5 Å². The number of thiazole rings is 1. The van der Waals surface area contributed by atoms with Crippen LogP contribution in [0.2, 0.25) is 5.02 Å². The molecule has 1 saturated heterocycles. The maximum absolute atomic E-state index is 14.0. The molecular formula is C44H50ClFN6O7S. The number of rotatable bonds is 14. The normalized spacial score (nSPS) is 18.3. The lowest BCUT2D eigenvalue weighted by Crippen LogP contribution is -2.49. The number of halogens is 2. The molecule has 0 radical (unpaired) electrons. The molecule has 0 saturated carbocycles. The Morgan fingerprint density at radius 3 is 2.47 bits per heavy atom. The standard InChI is InChI=1S/C44H50ClFN6O7S/c1-44(2,3)37-20-26-19-36(35(57-4)22-29(26)33-23-34(53)30(42(54)55)24-52(33)37)59-17-8-6-7-12-50-13-15-51(16-14-50)25-32-38(43(56)58-5)39(28-10-9-27(46)21-31(28)45)49-40(48-32)41-47-11-18-60-41/h9-11,18-19,21-24,37,39H,6-8,12-17,20,25H2,1-5H3,(H,48,49)(H,54,55)/t37?,39-/m0/s1. The van der Waals surface area contributed by atoms with E-state index in [0.717, 1.165) is 63.1 Å². The largest absolute Gasteiger partial charge is 0.493 e. The minimum atomic E-state index is -1.24. The van der Waals surface area contributed by atoms with Gasteiger partial charge < -0.3 is 34.1 Å². The molecule has 2 aromatic carbocycles. The van der Waals surface area contributed by atoms with E-state index >= 15 is 0 Å². The molecule has 1 fully saturated rings. The summed E-state index contributed by atoms with van der Waals surface area (Å²) in [6.07, 6.45) is 6.66. The maximum atomic E-state index is 14.0. The second-order valence-corrected chi connectivity index (χ2v) is 17.6. The average Bonchev–Trinajstić information content (AvgIpc) is 3.76. The van der Waals surface area contributed by atoms with Gasteiger partial charge in [0.05, 0.1) is 32.1 Å². The van der Waals surface area contributed by atoms with Crippen molar-refractivity contribution in [2.75, 3.05) is 60.1 Å². The Morgan fingerprint density at radius 2 is 1.80 bits per heavy atom. The first-order valence-electron chi connectivity index (χ1n) is 20.0. The van der Waals surface area contributed by atoms with Gasteiger partial charge in [-0.25, -0.2) is 19.0 Å². The monoisotopic (exact) mass is 860 g/mol. The third kappa shape index (κ3) is 9.29. The molecule has 0 aliphatic carbocycles. The second kappa shape index (κ2) is 18.3. The van der Waals surface area contributed by atoms with Crippen molar-refractivity contribution in [2.45, 2.75) is 58.5 Å². The van der Waals surface area contributed by atoms with Crippen molar-refractivity contribution in [2.24, 2.45) is 10.4 Å². The summed E-state index contributed by atoms with van der Waals surface area (Å²) in [5.41, 5.74) is 3.02. The highest BCUT2D eigenvalue weighted by molar-refractivity contribution is 7.11. The van der Waals surface area contributed by atoms with Crippen molar-refractivity contribution in [1.29, 1.82) is 0 Å². The molecule has 3 aliphatic heterocycles. The van der Waals surface area contributed by atoms with Crippen LogP contribution in [0.25, 0.3) is 11.3 Å². The number of hydrogen-bond donors (Lipinski definition) is 2. The van der Waals surface area contributed by atoms with Crippen LogP contribution in [0.1, 0.15) is 78.6 Å². The van der Waals surface area contributed by atoms with Crippen LogP contribution in [-0.4, -0.2) is 102 Å². The van der Waals surface area contributed by atoms with Gasteiger partial charge in [0.25, 0.3) is 0 Å². The molecule has 318 valence electrons. The van der Waals surface area contributed by atoms with Crippen molar-refractivity contribution in [3.63, 3.8) is 0 Å². The number of aromatic carboxylic acids is 1. The lowest BCUT2D eigenvalue weighted by atomic mass is 9.78. The number of carboxylic acid groups (broad SMARTS) is 1. The molecule has 2 aromatic heterocycles. The van der Waals surface area contributed by atoms with E-state index in [1.54, 1.807) is 19.4 Å². The molecule has 2 atom stereocenters. The summed E-state index contributed by atoms with van der Waals surface area (Å²) in [4.78, 5) is 52.0. The highest BCUT2D eigenvalue weighted by atomic mass is 35.5. The van der Waals surface area contributed by atoms with Gasteiger partial charge in [-0.3, -0.25) is 14.7 Å². The highest BCUT2D eigenvalue weighted by Crippen LogP contribution is 2.46. The Balaban J connectivity index is 0.940. The molecule has 0 amide bonds. The van der Waals surface area contributed by atoms with Crippen LogP contribution < -0.4 is 20.2 Å². The fourth-order valence-electron chi connectivity index (χ4n) is 8.15. The first-order valence-corrected chi connectivity index (χ1v) is 21.3. The van der Waals surface area contributed by atoms with E-state index in [1.165, 1.54) is 42.8 Å². The number of carbonyl (C=O) groups excluding carboxylic acids is 1. The van der Waals surface area contributed by atoms with Crippen LogP contribution in [0.3, 0.4) is 0 Å². The lowest BCUT2D eigenvalue weighted by Gasteiger charge is -2.39. The number of nitrogens with one attached hydrogen (secondary N) is 1. The van der Waals surface area contributed by atoms with Crippen molar-refractivity contribution < 1.29 is 33.3 Å². The highest BCUT2D eigenvalue weighted by Gasteiger charge is 2.36. The number of esters is 1. The fraction of sp³-hybridized carbons (Fsp3) is 0.432. The van der Waals surface area contributed by atoms with Crippen LogP contribution in [0.15, 0.2) is 75.2 Å². The predicted molar refractivity (Wildman–Crippen MR) is 229 cm³/mol. The Morgan fingerprint density at radius 1 is 1.03 bits per heavy atom. The topological polar surface area (TPSA) is 148 Å². The lowest BCUT2D eigenvalue weighted by molar-refractivity contribution is -0.136. The van der Waals surface area contributed by atoms with Gasteiger partial charge in [-0.15, -0.1) is 11.3 Å². The number of hydrogen-bond acceptors (Lipinski definition) is 12. The van der Waals surface area contributed by atoms with E-state index in [-0.39, 0.29) is 22.0 Å². The number of benzene rings is 2. The summed E-state index contributed by atoms with van der Waals surface area (Å²) < 4.78 is 33.2. The van der Waals surface area contributed by atoms with Gasteiger partial charge in [0, 0.05) is 84.5 Å². The van der Waals surface area contributed by atoms with Crippen molar-refractivity contribution in [3.05, 3.63) is 108 Å². The Bertz CT molecular complexity index is 2370. The van der Waals surface area contributed by atoms with E-state index in [1.807, 2.05) is 22.1 Å². The Labute approximate surface area is 357 Å². The molecule has 0 bridgehead atoms. The summed E-state index contributed by atoms with van der Waals surface area (Å²) in [6.45, 7) is 11.6. The van der Waals surface area contributed by atoms with Gasteiger partial charge in [0.2, 0.25) is 0 Å². The molecule has 0 spiro atoms. The first-order chi connectivity index (χ1) is 28.7. The minimum Gasteiger partial charge on any atom is -0.493 e. The fourth-order valence-corrected chi connectivity index (χ4v) is 9.01. The van der Waals surface area contributed by atoms with E-state index < -0.39 is 29.2 Å². The van der Waals surface area contributed by atoms with Gasteiger partial charge in [0.15, 0.2) is 27.8 Å². The number of nitrogens with zero attached hydrogens (tertiary/aromatic N) is 5. The van der Waals surface area contributed by atoms with E-state index in [9.17, 15) is 23.9 Å². The number of pyridine rings is 1. The SMILES string of the molecule is COC(=O)C1=C(CN2CCN(CCCCCOc3cc4c(cc3OC)-c3cc(=O)c(C(=O)O)cn3C(C(C)(C)C)C4)CC2)NC(c2nccs2)=N[C@H]1c1ccc(F)cc1Cl. The number of piperazine rings is 1. The van der Waals surface area contributed by atoms with Crippen LogP contribution in [-0.2, 0) is 16.0 Å². The number of methoxy groups -OCH3 is 2. The zero-order chi connectivity index (χ0) is 42.7. The minimum absolute atomic E-state index is 0.0729. The number of fused-ring (bicyclic) bond motifs is 3.